The van der Waals surface area contributed by atoms with E-state index < -0.39 is 9.84 Å². The molecule has 3 N–H and O–H groups in total. The number of hydrogen-bond donors (Lipinski definition) is 2. The highest BCUT2D eigenvalue weighted by Crippen LogP contribution is 2.28. The number of nitrogens with one attached hydrogen (secondary N) is 1. The summed E-state index contributed by atoms with van der Waals surface area (Å²) in [6.45, 7) is 4.47. The smallest absolute Gasteiger partial charge is 0.154 e. The normalized spacial score (nSPS) is 22.0. The number of nitrogen functional groups attached to an aromatic ring is 1. The Morgan fingerprint density at radius 1 is 1.53 bits per heavy atom. The molecule has 1 aromatic heterocycles. The summed E-state index contributed by atoms with van der Waals surface area (Å²) in [5.41, 5.74) is 7.53. The van der Waals surface area contributed by atoms with Crippen LogP contribution in [-0.4, -0.2) is 35.7 Å². The molecule has 1 aliphatic heterocycles. The van der Waals surface area contributed by atoms with E-state index in [-0.39, 0.29) is 11.2 Å². The SMILES string of the molecule is CC(C)c1nn(C)c(NCC2CCCS2(=O)=O)c1N. The average Bonchev–Trinajstić information content (AvgIpc) is 2.78. The molecule has 2 heterocycles. The van der Waals surface area contributed by atoms with Crippen molar-refractivity contribution in [3.8, 4) is 0 Å². The molecule has 7 heteroatoms. The van der Waals surface area contributed by atoms with E-state index in [2.05, 4.69) is 10.4 Å². The van der Waals surface area contributed by atoms with Crippen molar-refractivity contribution >= 4 is 21.3 Å². The van der Waals surface area contributed by atoms with Crippen molar-refractivity contribution in [3.05, 3.63) is 5.69 Å². The lowest BCUT2D eigenvalue weighted by Crippen LogP contribution is -2.26. The first-order chi connectivity index (χ1) is 8.83. The molecule has 0 spiro atoms. The second-order valence-corrected chi connectivity index (χ2v) is 7.84. The van der Waals surface area contributed by atoms with Crippen LogP contribution in [0.4, 0.5) is 11.5 Å². The van der Waals surface area contributed by atoms with E-state index in [9.17, 15) is 8.42 Å². The Hall–Kier alpha value is -1.24. The van der Waals surface area contributed by atoms with Gasteiger partial charge in [0.25, 0.3) is 0 Å². The Bertz CT molecular complexity index is 563. The largest absolute Gasteiger partial charge is 0.394 e. The van der Waals surface area contributed by atoms with Crippen LogP contribution in [0, 0.1) is 0 Å². The molecule has 0 saturated carbocycles. The first-order valence-corrected chi connectivity index (χ1v) is 8.32. The number of hydrogen-bond acceptors (Lipinski definition) is 5. The van der Waals surface area contributed by atoms with Gasteiger partial charge in [-0.2, -0.15) is 5.10 Å². The molecule has 1 aliphatic rings. The summed E-state index contributed by atoms with van der Waals surface area (Å²) in [5.74, 6) is 1.26. The number of nitrogens with two attached hydrogens (primary N) is 1. The summed E-state index contributed by atoms with van der Waals surface area (Å²) in [6, 6.07) is 0. The highest BCUT2D eigenvalue weighted by atomic mass is 32.2. The van der Waals surface area contributed by atoms with Gasteiger partial charge in [-0.15, -0.1) is 0 Å². The zero-order valence-corrected chi connectivity index (χ0v) is 12.5. The van der Waals surface area contributed by atoms with E-state index in [1.165, 1.54) is 0 Å². The second kappa shape index (κ2) is 5.03. The summed E-state index contributed by atoms with van der Waals surface area (Å²) in [7, 11) is -1.11. The van der Waals surface area contributed by atoms with E-state index in [4.69, 9.17) is 5.73 Å². The van der Waals surface area contributed by atoms with Gasteiger partial charge in [-0.1, -0.05) is 13.8 Å². The fraction of sp³-hybridized carbons (Fsp3) is 0.750. The van der Waals surface area contributed by atoms with E-state index in [1.807, 2.05) is 20.9 Å². The van der Waals surface area contributed by atoms with Gasteiger partial charge < -0.3 is 11.1 Å². The van der Waals surface area contributed by atoms with E-state index >= 15 is 0 Å². The number of anilines is 2. The van der Waals surface area contributed by atoms with Crippen LogP contribution in [0.15, 0.2) is 0 Å². The molecule has 6 nitrogen and oxygen atoms in total. The summed E-state index contributed by atoms with van der Waals surface area (Å²) < 4.78 is 25.2. The Morgan fingerprint density at radius 2 is 2.21 bits per heavy atom. The summed E-state index contributed by atoms with van der Waals surface area (Å²) >= 11 is 0. The molecule has 1 fully saturated rings. The van der Waals surface area contributed by atoms with Crippen LogP contribution in [-0.2, 0) is 16.9 Å². The molecule has 2 rings (SSSR count). The van der Waals surface area contributed by atoms with Gasteiger partial charge in [0.05, 0.1) is 22.4 Å². The molecule has 0 radical (unpaired) electrons. The van der Waals surface area contributed by atoms with Crippen LogP contribution in [0.25, 0.3) is 0 Å². The molecule has 108 valence electrons. The molecule has 0 aromatic carbocycles. The van der Waals surface area contributed by atoms with E-state index in [1.54, 1.807) is 4.68 Å². The Balaban J connectivity index is 2.12. The van der Waals surface area contributed by atoms with Gasteiger partial charge in [-0.25, -0.2) is 8.42 Å². The average molecular weight is 286 g/mol. The lowest BCUT2D eigenvalue weighted by atomic mass is 10.1. The van der Waals surface area contributed by atoms with Gasteiger partial charge in [0.15, 0.2) is 9.84 Å². The maximum Gasteiger partial charge on any atom is 0.154 e. The Morgan fingerprint density at radius 3 is 2.68 bits per heavy atom. The molecule has 1 atom stereocenters. The Labute approximate surface area is 114 Å². The van der Waals surface area contributed by atoms with Gasteiger partial charge in [-0.05, 0) is 18.8 Å². The van der Waals surface area contributed by atoms with E-state index in [0.29, 0.717) is 23.8 Å². The topological polar surface area (TPSA) is 90.0 Å². The minimum absolute atomic E-state index is 0.247. The molecule has 1 unspecified atom stereocenters. The molecule has 19 heavy (non-hydrogen) atoms. The third kappa shape index (κ3) is 2.70. The third-order valence-corrected chi connectivity index (χ3v) is 5.90. The van der Waals surface area contributed by atoms with Crippen molar-refractivity contribution in [2.24, 2.45) is 7.05 Å². The first kappa shape index (κ1) is 14.2. The molecular formula is C12H22N4O2S. The number of aryl methyl sites for hydroxylation is 1. The van der Waals surface area contributed by atoms with Crippen LogP contribution < -0.4 is 11.1 Å². The molecule has 1 aromatic rings. The number of sulfone groups is 1. The molecular weight excluding hydrogens is 264 g/mol. The lowest BCUT2D eigenvalue weighted by Gasteiger charge is -2.12. The van der Waals surface area contributed by atoms with Crippen molar-refractivity contribution in [1.29, 1.82) is 0 Å². The first-order valence-electron chi connectivity index (χ1n) is 6.60. The van der Waals surface area contributed by atoms with Crippen LogP contribution >= 0.6 is 0 Å². The van der Waals surface area contributed by atoms with Crippen LogP contribution in [0.3, 0.4) is 0 Å². The summed E-state index contributed by atoms with van der Waals surface area (Å²) in [5, 5.41) is 7.22. The van der Waals surface area contributed by atoms with Gasteiger partial charge >= 0.3 is 0 Å². The quantitative estimate of drug-likeness (QED) is 0.865. The third-order valence-electron chi connectivity index (χ3n) is 3.62. The second-order valence-electron chi connectivity index (χ2n) is 5.44. The number of aromatic nitrogens is 2. The van der Waals surface area contributed by atoms with Gasteiger partial charge in [0, 0.05) is 13.6 Å². The predicted octanol–water partition coefficient (Wildman–Crippen LogP) is 1.11. The molecule has 0 bridgehead atoms. The van der Waals surface area contributed by atoms with Crippen LogP contribution in [0.1, 0.15) is 38.3 Å². The van der Waals surface area contributed by atoms with Crippen molar-refractivity contribution < 1.29 is 8.42 Å². The van der Waals surface area contributed by atoms with E-state index in [0.717, 1.165) is 18.5 Å². The number of nitrogens with zero attached hydrogens (tertiary/aromatic N) is 2. The van der Waals surface area contributed by atoms with Crippen molar-refractivity contribution in [2.45, 2.75) is 37.9 Å². The fourth-order valence-corrected chi connectivity index (χ4v) is 4.26. The fourth-order valence-electron chi connectivity index (χ4n) is 2.50. The standard InChI is InChI=1S/C12H22N4O2S/c1-8(2)11-10(13)12(16(3)15-11)14-7-9-5-4-6-19(9,17)18/h8-9,14H,4-7,13H2,1-3H3. The van der Waals surface area contributed by atoms with Gasteiger partial charge in [0.2, 0.25) is 0 Å². The minimum Gasteiger partial charge on any atom is -0.394 e. The molecule has 0 amide bonds. The lowest BCUT2D eigenvalue weighted by molar-refractivity contribution is 0.591. The molecule has 1 saturated heterocycles. The molecule has 0 aliphatic carbocycles. The Kier molecular flexibility index (Phi) is 3.75. The summed E-state index contributed by atoms with van der Waals surface area (Å²) in [4.78, 5) is 0. The zero-order valence-electron chi connectivity index (χ0n) is 11.7. The van der Waals surface area contributed by atoms with Crippen LogP contribution in [0.5, 0.6) is 0 Å². The zero-order chi connectivity index (χ0) is 14.2. The van der Waals surface area contributed by atoms with Gasteiger partial charge in [0.1, 0.15) is 5.82 Å². The van der Waals surface area contributed by atoms with Crippen molar-refractivity contribution in [1.82, 2.24) is 9.78 Å². The van der Waals surface area contributed by atoms with Gasteiger partial charge in [-0.3, -0.25) is 4.68 Å². The summed E-state index contributed by atoms with van der Waals surface area (Å²) in [6.07, 6.45) is 1.48. The van der Waals surface area contributed by atoms with Crippen molar-refractivity contribution in [3.63, 3.8) is 0 Å². The minimum atomic E-state index is -2.93. The van der Waals surface area contributed by atoms with Crippen molar-refractivity contribution in [2.75, 3.05) is 23.3 Å². The maximum absolute atomic E-state index is 11.8. The van der Waals surface area contributed by atoms with Crippen LogP contribution in [0.2, 0.25) is 0 Å². The predicted molar refractivity (Wildman–Crippen MR) is 77.0 cm³/mol. The monoisotopic (exact) mass is 286 g/mol. The maximum atomic E-state index is 11.8. The number of rotatable bonds is 4. The highest BCUT2D eigenvalue weighted by molar-refractivity contribution is 7.92. The highest BCUT2D eigenvalue weighted by Gasteiger charge is 2.31.